The molecule has 0 bridgehead atoms. The lowest BCUT2D eigenvalue weighted by Gasteiger charge is -2.35. The number of methoxy groups -OCH3 is 3. The number of thiazole rings is 2. The molecule has 8 rings (SSSR count). The Balaban J connectivity index is 1.34. The van der Waals surface area contributed by atoms with Crippen LogP contribution in [0.3, 0.4) is 0 Å². The van der Waals surface area contributed by atoms with Crippen LogP contribution in [0.15, 0.2) is 130 Å². The molecule has 0 N–H and O–H groups in total. The van der Waals surface area contributed by atoms with Gasteiger partial charge in [0.2, 0.25) is 10.3 Å². The first-order chi connectivity index (χ1) is 26.8. The summed E-state index contributed by atoms with van der Waals surface area (Å²) in [6.07, 6.45) is 9.18. The number of benzene rings is 4. The largest absolute Gasteiger partial charge is 0.496 e. The Bertz CT molecular complexity index is 2590. The van der Waals surface area contributed by atoms with Crippen LogP contribution in [-0.4, -0.2) is 50.4 Å². The van der Waals surface area contributed by atoms with Crippen LogP contribution in [0.5, 0.6) is 17.2 Å². The van der Waals surface area contributed by atoms with Crippen molar-refractivity contribution in [3.63, 3.8) is 0 Å². The third-order valence-corrected chi connectivity index (χ3v) is 11.3. The predicted molar refractivity (Wildman–Crippen MR) is 226 cm³/mol. The summed E-state index contributed by atoms with van der Waals surface area (Å²) < 4.78 is 23.3. The first-order valence-electron chi connectivity index (χ1n) is 16.8. The van der Waals surface area contributed by atoms with Gasteiger partial charge >= 0.3 is 0 Å². The van der Waals surface area contributed by atoms with Gasteiger partial charge in [-0.15, -0.1) is 22.7 Å². The second kappa shape index (κ2) is 15.7. The number of hydrazine groups is 1. The lowest BCUT2D eigenvalue weighted by atomic mass is 10.1. The number of anilines is 4. The Hall–Kier alpha value is -5.48. The van der Waals surface area contributed by atoms with Gasteiger partial charge in [0.1, 0.15) is 17.2 Å². The Labute approximate surface area is 342 Å². The summed E-state index contributed by atoms with van der Waals surface area (Å²) in [4.78, 5) is 19.2. The van der Waals surface area contributed by atoms with Crippen LogP contribution < -0.4 is 24.2 Å². The Kier molecular flexibility index (Phi) is 10.4. The summed E-state index contributed by atoms with van der Waals surface area (Å²) in [6, 6.07) is 26.1. The zero-order valence-electron chi connectivity index (χ0n) is 29.9. The third kappa shape index (κ3) is 7.35. The molecule has 15 heteroatoms. The molecule has 0 spiro atoms. The van der Waals surface area contributed by atoms with E-state index in [1.165, 1.54) is 22.7 Å². The summed E-state index contributed by atoms with van der Waals surface area (Å²) in [7, 11) is 4.99. The van der Waals surface area contributed by atoms with E-state index >= 15 is 0 Å². The summed E-state index contributed by atoms with van der Waals surface area (Å²) in [5, 5.41) is 9.59. The maximum atomic E-state index is 6.00. The quantitative estimate of drug-likeness (QED) is 0.111. The van der Waals surface area contributed by atoms with Crippen molar-refractivity contribution in [1.29, 1.82) is 0 Å². The van der Waals surface area contributed by atoms with Crippen molar-refractivity contribution in [3.05, 3.63) is 136 Å². The van der Waals surface area contributed by atoms with Gasteiger partial charge in [-0.3, -0.25) is 0 Å². The van der Waals surface area contributed by atoms with Gasteiger partial charge < -0.3 is 23.3 Å². The van der Waals surface area contributed by atoms with Crippen LogP contribution in [0.4, 0.5) is 21.6 Å². The molecule has 0 saturated heterocycles. The first-order valence-corrected chi connectivity index (χ1v) is 20.1. The number of hydrogen-bond acceptors (Lipinski definition) is 11. The molecule has 0 amide bonds. The summed E-state index contributed by atoms with van der Waals surface area (Å²) in [6.45, 7) is 1.98. The maximum Gasteiger partial charge on any atom is 0.210 e. The molecule has 55 heavy (non-hydrogen) atoms. The molecule has 8 aromatic rings. The zero-order valence-corrected chi connectivity index (χ0v) is 34.7. The van der Waals surface area contributed by atoms with Crippen molar-refractivity contribution in [2.75, 3.05) is 31.3 Å². The first kappa shape index (κ1) is 36.5. The monoisotopic (exact) mass is 894 g/mol. The van der Waals surface area contributed by atoms with Crippen molar-refractivity contribution < 1.29 is 14.2 Å². The molecule has 276 valence electrons. The van der Waals surface area contributed by atoms with E-state index in [1.54, 1.807) is 33.9 Å². The SMILES string of the molecule is COc1ccc(Br)cc1-c1csc(N(c2ccc(-n3cnc(C)c3)cc2)N(c2ccc(-n3ccnc3)c(OC)c2)c2nc(-c3cc(Br)ccc3OC)cs2)n1. The van der Waals surface area contributed by atoms with Crippen LogP contribution in [-0.2, 0) is 0 Å². The molecule has 0 aliphatic heterocycles. The minimum absolute atomic E-state index is 0.649. The van der Waals surface area contributed by atoms with Crippen molar-refractivity contribution in [1.82, 2.24) is 29.1 Å². The van der Waals surface area contributed by atoms with Gasteiger partial charge in [0.05, 0.1) is 68.1 Å². The van der Waals surface area contributed by atoms with Gasteiger partial charge in [-0.1, -0.05) is 31.9 Å². The Morgan fingerprint density at radius 2 is 1.22 bits per heavy atom. The fraction of sp³-hybridized carbons (Fsp3) is 0.100. The topological polar surface area (TPSA) is 95.6 Å². The maximum absolute atomic E-state index is 6.00. The number of imidazole rings is 2. The molecular formula is C40H32Br2N8O3S2. The average Bonchev–Trinajstić information content (AvgIpc) is 4.06. The molecular weight excluding hydrogens is 864 g/mol. The van der Waals surface area contributed by atoms with E-state index in [0.717, 1.165) is 65.7 Å². The van der Waals surface area contributed by atoms with Crippen molar-refractivity contribution >= 4 is 76.2 Å². The van der Waals surface area contributed by atoms with Gasteiger partial charge in [-0.2, -0.15) is 0 Å². The molecule has 0 fully saturated rings. The zero-order chi connectivity index (χ0) is 38.1. The summed E-state index contributed by atoms with van der Waals surface area (Å²) in [5.41, 5.74) is 7.62. The minimum Gasteiger partial charge on any atom is -0.496 e. The van der Waals surface area contributed by atoms with E-state index in [2.05, 4.69) is 76.1 Å². The van der Waals surface area contributed by atoms with Gasteiger partial charge in [-0.05, 0) is 79.7 Å². The van der Waals surface area contributed by atoms with E-state index in [9.17, 15) is 0 Å². The van der Waals surface area contributed by atoms with E-state index in [-0.39, 0.29) is 0 Å². The molecule has 0 unspecified atom stereocenters. The molecule has 0 aliphatic carbocycles. The standard InChI is InChI=1S/C40H32Br2N8O3S2/c1-25-20-48(24-44-25)28-7-9-29(10-8-28)49(39-45-33(21-54-39)31-17-26(41)5-13-36(31)51-2)50(30-11-12-35(38(19-30)53-4)47-16-15-43-23-47)40-46-34(22-55-40)32-18-27(42)6-14-37(32)52-3/h5-24H,1-4H3. The summed E-state index contributed by atoms with van der Waals surface area (Å²) >= 11 is 10.3. The van der Waals surface area contributed by atoms with E-state index in [1.807, 2.05) is 100 Å². The second-order valence-corrected chi connectivity index (χ2v) is 15.6. The molecule has 0 radical (unpaired) electrons. The Morgan fingerprint density at radius 1 is 0.636 bits per heavy atom. The van der Waals surface area contributed by atoms with Crippen LogP contribution in [0.1, 0.15) is 5.69 Å². The van der Waals surface area contributed by atoms with Gasteiger partial charge in [0, 0.05) is 61.2 Å². The highest BCUT2D eigenvalue weighted by atomic mass is 79.9. The molecule has 11 nitrogen and oxygen atoms in total. The molecule has 0 aliphatic rings. The molecule has 0 saturated carbocycles. The second-order valence-electron chi connectivity index (χ2n) is 12.1. The fourth-order valence-electron chi connectivity index (χ4n) is 6.10. The van der Waals surface area contributed by atoms with E-state index in [0.29, 0.717) is 21.8 Å². The fourth-order valence-corrected chi connectivity index (χ4v) is 8.49. The summed E-state index contributed by atoms with van der Waals surface area (Å²) in [5.74, 6) is 2.08. The van der Waals surface area contributed by atoms with Crippen LogP contribution in [0.25, 0.3) is 33.9 Å². The van der Waals surface area contributed by atoms with Crippen LogP contribution in [0.2, 0.25) is 0 Å². The number of aryl methyl sites for hydroxylation is 1. The number of rotatable bonds is 12. The smallest absolute Gasteiger partial charge is 0.210 e. The molecule has 4 aromatic carbocycles. The lowest BCUT2D eigenvalue weighted by Crippen LogP contribution is -2.35. The lowest BCUT2D eigenvalue weighted by molar-refractivity contribution is 0.413. The third-order valence-electron chi connectivity index (χ3n) is 8.72. The van der Waals surface area contributed by atoms with Crippen molar-refractivity contribution in [2.24, 2.45) is 0 Å². The van der Waals surface area contributed by atoms with Gasteiger partial charge in [0.25, 0.3) is 0 Å². The highest BCUT2D eigenvalue weighted by Gasteiger charge is 2.29. The highest BCUT2D eigenvalue weighted by molar-refractivity contribution is 9.10. The number of aromatic nitrogens is 6. The number of halogens is 2. The van der Waals surface area contributed by atoms with E-state index < -0.39 is 0 Å². The predicted octanol–water partition coefficient (Wildman–Crippen LogP) is 11.1. The van der Waals surface area contributed by atoms with Crippen molar-refractivity contribution in [3.8, 4) is 51.1 Å². The molecule has 4 heterocycles. The normalized spacial score (nSPS) is 11.1. The average molecular weight is 897 g/mol. The van der Waals surface area contributed by atoms with Crippen molar-refractivity contribution in [2.45, 2.75) is 6.92 Å². The van der Waals surface area contributed by atoms with Crippen LogP contribution >= 0.6 is 54.5 Å². The molecule has 4 aromatic heterocycles. The minimum atomic E-state index is 0.649. The number of nitrogens with zero attached hydrogens (tertiary/aromatic N) is 8. The highest BCUT2D eigenvalue weighted by Crippen LogP contribution is 2.45. The van der Waals surface area contributed by atoms with Gasteiger partial charge in [0.15, 0.2) is 0 Å². The van der Waals surface area contributed by atoms with E-state index in [4.69, 9.17) is 24.2 Å². The Morgan fingerprint density at radius 3 is 1.75 bits per heavy atom. The van der Waals surface area contributed by atoms with Gasteiger partial charge in [-0.25, -0.2) is 30.0 Å². The van der Waals surface area contributed by atoms with Crippen LogP contribution in [0, 0.1) is 6.92 Å². The number of hydrogen-bond donors (Lipinski definition) is 0. The molecule has 0 atom stereocenters. The number of ether oxygens (including phenoxy) is 3.